The highest BCUT2D eigenvalue weighted by atomic mass is 35.5. The second-order valence-corrected chi connectivity index (χ2v) is 4.60. The van der Waals surface area contributed by atoms with E-state index in [1.165, 1.54) is 7.11 Å². The van der Waals surface area contributed by atoms with E-state index in [0.29, 0.717) is 22.1 Å². The van der Waals surface area contributed by atoms with Gasteiger partial charge < -0.3 is 4.74 Å². The van der Waals surface area contributed by atoms with Crippen LogP contribution >= 0.6 is 11.6 Å². The first-order valence-corrected chi connectivity index (χ1v) is 6.26. The van der Waals surface area contributed by atoms with Crippen LogP contribution in [0, 0.1) is 0 Å². The summed E-state index contributed by atoms with van der Waals surface area (Å²) in [5, 5.41) is 8.86. The Labute approximate surface area is 119 Å². The van der Waals surface area contributed by atoms with E-state index in [0.717, 1.165) is 5.56 Å². The predicted molar refractivity (Wildman–Crippen MR) is 74.8 cm³/mol. The molecule has 0 radical (unpaired) electrons. The Morgan fingerprint density at radius 3 is 2.60 bits per heavy atom. The fourth-order valence-corrected chi connectivity index (χ4v) is 2.05. The molecule has 3 rings (SSSR count). The summed E-state index contributed by atoms with van der Waals surface area (Å²) in [6, 6.07) is 10.6. The number of halogens is 1. The predicted octanol–water partition coefficient (Wildman–Crippen LogP) is 2.84. The van der Waals surface area contributed by atoms with E-state index >= 15 is 0 Å². The summed E-state index contributed by atoms with van der Waals surface area (Å²) in [7, 11) is 1.35. The third kappa shape index (κ3) is 2.12. The van der Waals surface area contributed by atoms with Crippen molar-refractivity contribution < 1.29 is 9.53 Å². The highest BCUT2D eigenvalue weighted by Gasteiger charge is 2.11. The minimum absolute atomic E-state index is 0.400. The molecule has 0 saturated heterocycles. The average molecular weight is 288 g/mol. The van der Waals surface area contributed by atoms with Gasteiger partial charge in [0.1, 0.15) is 0 Å². The van der Waals surface area contributed by atoms with Gasteiger partial charge in [-0.15, -0.1) is 10.2 Å². The monoisotopic (exact) mass is 287 g/mol. The number of rotatable bonds is 2. The number of carbonyl (C=O) groups excluding carboxylic acids is 1. The molecule has 100 valence electrons. The number of carbonyl (C=O) groups is 1. The number of benzene rings is 1. The first-order valence-electron chi connectivity index (χ1n) is 5.88. The van der Waals surface area contributed by atoms with Gasteiger partial charge in [-0.3, -0.25) is 4.40 Å². The zero-order chi connectivity index (χ0) is 14.1. The number of esters is 1. The van der Waals surface area contributed by atoms with Crippen molar-refractivity contribution in [2.45, 2.75) is 0 Å². The van der Waals surface area contributed by atoms with Crippen LogP contribution in [-0.4, -0.2) is 27.7 Å². The lowest BCUT2D eigenvalue weighted by atomic mass is 10.2. The molecule has 2 heterocycles. The van der Waals surface area contributed by atoms with Gasteiger partial charge in [0.15, 0.2) is 11.5 Å². The maximum atomic E-state index is 11.6. The van der Waals surface area contributed by atoms with Crippen molar-refractivity contribution in [2.75, 3.05) is 7.11 Å². The first kappa shape index (κ1) is 12.6. The van der Waals surface area contributed by atoms with Crippen LogP contribution in [0.4, 0.5) is 0 Å². The molecule has 1 aromatic carbocycles. The van der Waals surface area contributed by atoms with Gasteiger partial charge in [-0.05, 0) is 36.4 Å². The zero-order valence-electron chi connectivity index (χ0n) is 10.6. The van der Waals surface area contributed by atoms with Crippen LogP contribution in [0.25, 0.3) is 17.0 Å². The number of hydrogen-bond donors (Lipinski definition) is 0. The molecule has 0 N–H and O–H groups in total. The van der Waals surface area contributed by atoms with Crippen LogP contribution in [0.2, 0.25) is 5.02 Å². The Balaban J connectivity index is 2.16. The molecule has 0 unspecified atom stereocenters. The average Bonchev–Trinajstić information content (AvgIpc) is 2.90. The van der Waals surface area contributed by atoms with Gasteiger partial charge in [0.25, 0.3) is 0 Å². The second-order valence-electron chi connectivity index (χ2n) is 4.17. The molecule has 0 fully saturated rings. The third-order valence-electron chi connectivity index (χ3n) is 2.93. The molecule has 0 atom stereocenters. The maximum Gasteiger partial charge on any atom is 0.339 e. The van der Waals surface area contributed by atoms with E-state index in [1.807, 2.05) is 12.1 Å². The molecule has 5 nitrogen and oxygen atoms in total. The summed E-state index contributed by atoms with van der Waals surface area (Å²) in [6.45, 7) is 0. The largest absolute Gasteiger partial charge is 0.465 e. The Bertz CT molecular complexity index is 781. The smallest absolute Gasteiger partial charge is 0.339 e. The summed E-state index contributed by atoms with van der Waals surface area (Å²) >= 11 is 5.87. The standard InChI is InChI=1S/C14H10ClN3O2/c1-20-14(19)10-4-7-12-16-17-13(18(12)8-10)9-2-5-11(15)6-3-9/h2-8H,1H3. The van der Waals surface area contributed by atoms with E-state index in [4.69, 9.17) is 16.3 Å². The topological polar surface area (TPSA) is 56.5 Å². The lowest BCUT2D eigenvalue weighted by Crippen LogP contribution is -2.03. The Hall–Kier alpha value is -2.40. The minimum atomic E-state index is -0.400. The Morgan fingerprint density at radius 2 is 1.90 bits per heavy atom. The molecule has 6 heteroatoms. The fraction of sp³-hybridized carbons (Fsp3) is 0.0714. The van der Waals surface area contributed by atoms with Gasteiger partial charge in [-0.2, -0.15) is 0 Å². The van der Waals surface area contributed by atoms with E-state index < -0.39 is 5.97 Å². The van der Waals surface area contributed by atoms with Crippen LogP contribution in [0.3, 0.4) is 0 Å². The molecule has 3 aromatic rings. The maximum absolute atomic E-state index is 11.6. The molecule has 0 aliphatic carbocycles. The van der Waals surface area contributed by atoms with Crippen molar-refractivity contribution in [3.05, 3.63) is 53.2 Å². The van der Waals surface area contributed by atoms with Crippen LogP contribution in [0.15, 0.2) is 42.6 Å². The number of methoxy groups -OCH3 is 1. The number of ether oxygens (including phenoxy) is 1. The highest BCUT2D eigenvalue weighted by Crippen LogP contribution is 2.21. The molecule has 0 bridgehead atoms. The molecule has 0 saturated carbocycles. The van der Waals surface area contributed by atoms with Crippen molar-refractivity contribution in [1.29, 1.82) is 0 Å². The number of aromatic nitrogens is 3. The highest BCUT2D eigenvalue weighted by molar-refractivity contribution is 6.30. The summed E-state index contributed by atoms with van der Waals surface area (Å²) in [5.74, 6) is 0.241. The van der Waals surface area contributed by atoms with Crippen molar-refractivity contribution in [1.82, 2.24) is 14.6 Å². The number of fused-ring (bicyclic) bond motifs is 1. The molecule has 2 aromatic heterocycles. The van der Waals surface area contributed by atoms with E-state index in [1.54, 1.807) is 34.9 Å². The summed E-state index contributed by atoms with van der Waals surface area (Å²) in [4.78, 5) is 11.6. The zero-order valence-corrected chi connectivity index (χ0v) is 11.3. The molecule has 0 aliphatic rings. The van der Waals surface area contributed by atoms with Gasteiger partial charge in [0.05, 0.1) is 12.7 Å². The SMILES string of the molecule is COC(=O)c1ccc2nnc(-c3ccc(Cl)cc3)n2c1. The van der Waals surface area contributed by atoms with Crippen LogP contribution in [-0.2, 0) is 4.74 Å². The van der Waals surface area contributed by atoms with E-state index in [-0.39, 0.29) is 0 Å². The van der Waals surface area contributed by atoms with Crippen LogP contribution in [0.1, 0.15) is 10.4 Å². The van der Waals surface area contributed by atoms with E-state index in [2.05, 4.69) is 10.2 Å². The molecular formula is C14H10ClN3O2. The van der Waals surface area contributed by atoms with Crippen LogP contribution < -0.4 is 0 Å². The summed E-state index contributed by atoms with van der Waals surface area (Å²) < 4.78 is 6.46. The van der Waals surface area contributed by atoms with Gasteiger partial charge in [-0.25, -0.2) is 4.79 Å². The molecular weight excluding hydrogens is 278 g/mol. The quantitative estimate of drug-likeness (QED) is 0.680. The van der Waals surface area contributed by atoms with Crippen molar-refractivity contribution in [3.8, 4) is 11.4 Å². The molecule has 0 aliphatic heterocycles. The Kier molecular flexibility index (Phi) is 3.12. The van der Waals surface area contributed by atoms with Crippen molar-refractivity contribution in [3.63, 3.8) is 0 Å². The number of hydrogen-bond acceptors (Lipinski definition) is 4. The van der Waals surface area contributed by atoms with Crippen molar-refractivity contribution >= 4 is 23.2 Å². The minimum Gasteiger partial charge on any atom is -0.465 e. The fourth-order valence-electron chi connectivity index (χ4n) is 1.93. The molecule has 0 spiro atoms. The number of pyridine rings is 1. The summed E-state index contributed by atoms with van der Waals surface area (Å²) in [5.41, 5.74) is 1.96. The van der Waals surface area contributed by atoms with Gasteiger partial charge in [0.2, 0.25) is 0 Å². The Morgan fingerprint density at radius 1 is 1.15 bits per heavy atom. The van der Waals surface area contributed by atoms with Gasteiger partial charge in [0, 0.05) is 16.8 Å². The van der Waals surface area contributed by atoms with Crippen molar-refractivity contribution in [2.24, 2.45) is 0 Å². The van der Waals surface area contributed by atoms with E-state index in [9.17, 15) is 4.79 Å². The lowest BCUT2D eigenvalue weighted by molar-refractivity contribution is 0.0600. The number of nitrogens with zero attached hydrogens (tertiary/aromatic N) is 3. The van der Waals surface area contributed by atoms with Crippen LogP contribution in [0.5, 0.6) is 0 Å². The first-order chi connectivity index (χ1) is 9.69. The lowest BCUT2D eigenvalue weighted by Gasteiger charge is -2.03. The molecule has 20 heavy (non-hydrogen) atoms. The second kappa shape index (κ2) is 4.94. The summed E-state index contributed by atoms with van der Waals surface area (Å²) in [6.07, 6.45) is 1.66. The molecule has 0 amide bonds. The van der Waals surface area contributed by atoms with Gasteiger partial charge >= 0.3 is 5.97 Å². The van der Waals surface area contributed by atoms with Gasteiger partial charge in [-0.1, -0.05) is 11.6 Å². The normalized spacial score (nSPS) is 10.7. The third-order valence-corrected chi connectivity index (χ3v) is 3.18.